The predicted octanol–water partition coefficient (Wildman–Crippen LogP) is 3.55. The third-order valence-corrected chi connectivity index (χ3v) is 3.73. The van der Waals surface area contributed by atoms with Crippen molar-refractivity contribution < 1.29 is 4.74 Å². The van der Waals surface area contributed by atoms with Crippen LogP contribution in [0.15, 0.2) is 42.6 Å². The van der Waals surface area contributed by atoms with E-state index < -0.39 is 0 Å². The second-order valence-corrected chi connectivity index (χ2v) is 5.57. The van der Waals surface area contributed by atoms with E-state index in [9.17, 15) is 0 Å². The molecule has 0 saturated carbocycles. The quantitative estimate of drug-likeness (QED) is 0.820. The van der Waals surface area contributed by atoms with Crippen molar-refractivity contribution in [1.29, 1.82) is 0 Å². The Labute approximate surface area is 127 Å². The Hall–Kier alpha value is -1.14. The molecule has 19 heavy (non-hydrogen) atoms. The third-order valence-electron chi connectivity index (χ3n) is 3.01. The number of nitrogens with one attached hydrogen (secondary N) is 1. The monoisotopic (exact) mass is 368 g/mol. The van der Waals surface area contributed by atoms with Gasteiger partial charge in [-0.1, -0.05) is 18.2 Å². The Morgan fingerprint density at radius 1 is 1.26 bits per heavy atom. The molecule has 0 fully saturated rings. The van der Waals surface area contributed by atoms with E-state index in [1.165, 1.54) is 9.13 Å². The van der Waals surface area contributed by atoms with Crippen molar-refractivity contribution in [3.05, 3.63) is 57.3 Å². The van der Waals surface area contributed by atoms with Gasteiger partial charge in [-0.05, 0) is 53.3 Å². The number of aromatic nitrogens is 1. The van der Waals surface area contributed by atoms with E-state index in [2.05, 4.69) is 64.1 Å². The number of benzene rings is 1. The maximum Gasteiger partial charge on any atom is 0.217 e. The average molecular weight is 368 g/mol. The number of halogens is 1. The Morgan fingerprint density at radius 2 is 2.00 bits per heavy atom. The third kappa shape index (κ3) is 3.91. The summed E-state index contributed by atoms with van der Waals surface area (Å²) in [4.78, 5) is 4.20. The van der Waals surface area contributed by atoms with E-state index in [4.69, 9.17) is 4.74 Å². The maximum absolute atomic E-state index is 5.25. The van der Waals surface area contributed by atoms with Crippen molar-refractivity contribution in [3.8, 4) is 5.88 Å². The number of rotatable bonds is 5. The van der Waals surface area contributed by atoms with Gasteiger partial charge in [0.1, 0.15) is 0 Å². The molecule has 1 aromatic carbocycles. The zero-order valence-electron chi connectivity index (χ0n) is 11.1. The Bertz CT molecular complexity index is 528. The highest BCUT2D eigenvalue weighted by Gasteiger charge is 2.07. The molecule has 0 spiro atoms. The van der Waals surface area contributed by atoms with Gasteiger partial charge in [0.25, 0.3) is 0 Å². The summed E-state index contributed by atoms with van der Waals surface area (Å²) < 4.78 is 6.50. The minimum absolute atomic E-state index is 0.293. The summed E-state index contributed by atoms with van der Waals surface area (Å²) in [5.41, 5.74) is 2.35. The molecule has 1 N–H and O–H groups in total. The highest BCUT2D eigenvalue weighted by atomic mass is 127. The van der Waals surface area contributed by atoms with Crippen molar-refractivity contribution in [3.63, 3.8) is 0 Å². The smallest absolute Gasteiger partial charge is 0.217 e. The fraction of sp³-hybridized carbons (Fsp3) is 0.267. The van der Waals surface area contributed by atoms with Gasteiger partial charge in [-0.15, -0.1) is 0 Å². The molecule has 3 nitrogen and oxygen atoms in total. The van der Waals surface area contributed by atoms with Gasteiger partial charge in [0.05, 0.1) is 7.11 Å². The van der Waals surface area contributed by atoms with Gasteiger partial charge in [-0.25, -0.2) is 4.98 Å². The van der Waals surface area contributed by atoms with Crippen LogP contribution < -0.4 is 10.1 Å². The highest BCUT2D eigenvalue weighted by molar-refractivity contribution is 14.1. The van der Waals surface area contributed by atoms with E-state index in [1.807, 2.05) is 12.1 Å². The summed E-state index contributed by atoms with van der Waals surface area (Å²) in [5, 5.41) is 3.49. The number of hydrogen-bond donors (Lipinski definition) is 1. The molecule has 1 aromatic heterocycles. The lowest BCUT2D eigenvalue weighted by atomic mass is 10.1. The van der Waals surface area contributed by atoms with Crippen LogP contribution in [0.1, 0.15) is 24.1 Å². The van der Waals surface area contributed by atoms with Crippen LogP contribution in [0.3, 0.4) is 0 Å². The first-order chi connectivity index (χ1) is 9.20. The van der Waals surface area contributed by atoms with Crippen LogP contribution in [-0.4, -0.2) is 12.1 Å². The van der Waals surface area contributed by atoms with Gasteiger partial charge in [0.2, 0.25) is 5.88 Å². The second kappa shape index (κ2) is 6.86. The molecule has 0 aliphatic heterocycles. The topological polar surface area (TPSA) is 34.1 Å². The van der Waals surface area contributed by atoms with Crippen molar-refractivity contribution in [2.24, 2.45) is 0 Å². The van der Waals surface area contributed by atoms with E-state index in [0.29, 0.717) is 11.9 Å². The number of hydrogen-bond acceptors (Lipinski definition) is 3. The minimum atomic E-state index is 0.293. The molecule has 0 amide bonds. The summed E-state index contributed by atoms with van der Waals surface area (Å²) in [6.07, 6.45) is 1.74. The molecule has 100 valence electrons. The van der Waals surface area contributed by atoms with E-state index >= 15 is 0 Å². The number of nitrogens with zero attached hydrogens (tertiary/aromatic N) is 1. The van der Waals surface area contributed by atoms with Gasteiger partial charge in [-0.3, -0.25) is 0 Å². The zero-order valence-corrected chi connectivity index (χ0v) is 13.2. The summed E-state index contributed by atoms with van der Waals surface area (Å²) in [7, 11) is 1.65. The molecular formula is C15H17IN2O. The SMILES string of the molecule is COc1ncccc1CNC(C)c1ccc(I)cc1. The van der Waals surface area contributed by atoms with Gasteiger partial charge in [0.15, 0.2) is 0 Å². The zero-order chi connectivity index (χ0) is 13.7. The van der Waals surface area contributed by atoms with Gasteiger partial charge in [-0.2, -0.15) is 0 Å². The highest BCUT2D eigenvalue weighted by Crippen LogP contribution is 2.17. The van der Waals surface area contributed by atoms with E-state index in [0.717, 1.165) is 12.1 Å². The molecule has 0 aliphatic rings. The van der Waals surface area contributed by atoms with Crippen molar-refractivity contribution >= 4 is 22.6 Å². The first-order valence-corrected chi connectivity index (χ1v) is 7.25. The fourth-order valence-corrected chi connectivity index (χ4v) is 2.23. The van der Waals surface area contributed by atoms with Gasteiger partial charge < -0.3 is 10.1 Å². The van der Waals surface area contributed by atoms with Crippen LogP contribution in [-0.2, 0) is 6.54 Å². The lowest BCUT2D eigenvalue weighted by Gasteiger charge is -2.15. The van der Waals surface area contributed by atoms with Crippen LogP contribution in [0.5, 0.6) is 5.88 Å². The summed E-state index contributed by atoms with van der Waals surface area (Å²) in [5.74, 6) is 0.685. The lowest BCUT2D eigenvalue weighted by molar-refractivity contribution is 0.389. The number of methoxy groups -OCH3 is 1. The lowest BCUT2D eigenvalue weighted by Crippen LogP contribution is -2.18. The van der Waals surface area contributed by atoms with Crippen LogP contribution >= 0.6 is 22.6 Å². The van der Waals surface area contributed by atoms with Crippen molar-refractivity contribution in [1.82, 2.24) is 10.3 Å². The minimum Gasteiger partial charge on any atom is -0.481 e. The number of ether oxygens (including phenoxy) is 1. The normalized spacial score (nSPS) is 12.2. The molecule has 0 radical (unpaired) electrons. The van der Waals surface area contributed by atoms with Gasteiger partial charge in [0, 0.05) is 27.9 Å². The molecule has 1 atom stereocenters. The molecule has 0 saturated heterocycles. The van der Waals surface area contributed by atoms with Crippen molar-refractivity contribution in [2.75, 3.05) is 7.11 Å². The fourth-order valence-electron chi connectivity index (χ4n) is 1.87. The van der Waals surface area contributed by atoms with Crippen LogP contribution in [0.4, 0.5) is 0 Å². The van der Waals surface area contributed by atoms with Crippen LogP contribution in [0.2, 0.25) is 0 Å². The van der Waals surface area contributed by atoms with E-state index in [-0.39, 0.29) is 0 Å². The van der Waals surface area contributed by atoms with Gasteiger partial charge >= 0.3 is 0 Å². The van der Waals surface area contributed by atoms with Crippen LogP contribution in [0, 0.1) is 3.57 Å². The molecule has 1 unspecified atom stereocenters. The molecule has 2 aromatic rings. The summed E-state index contributed by atoms with van der Waals surface area (Å²) in [6.45, 7) is 2.90. The van der Waals surface area contributed by atoms with E-state index in [1.54, 1.807) is 13.3 Å². The largest absolute Gasteiger partial charge is 0.481 e. The molecule has 4 heteroatoms. The Kier molecular flexibility index (Phi) is 5.15. The van der Waals surface area contributed by atoms with Crippen molar-refractivity contribution in [2.45, 2.75) is 19.5 Å². The Balaban J connectivity index is 2.00. The molecule has 0 bridgehead atoms. The molecule has 2 rings (SSSR count). The molecule has 1 heterocycles. The predicted molar refractivity (Wildman–Crippen MR) is 85.2 cm³/mol. The first kappa shape index (κ1) is 14.3. The average Bonchev–Trinajstić information content (AvgIpc) is 2.45. The first-order valence-electron chi connectivity index (χ1n) is 6.17. The summed E-state index contributed by atoms with van der Waals surface area (Å²) in [6, 6.07) is 12.8. The number of pyridine rings is 1. The maximum atomic E-state index is 5.25. The standard InChI is InChI=1S/C15H17IN2O/c1-11(12-5-7-14(16)8-6-12)18-10-13-4-3-9-17-15(13)19-2/h3-9,11,18H,10H2,1-2H3. The van der Waals surface area contributed by atoms with Crippen LogP contribution in [0.25, 0.3) is 0 Å². The molecular weight excluding hydrogens is 351 g/mol. The second-order valence-electron chi connectivity index (χ2n) is 4.33. The Morgan fingerprint density at radius 3 is 2.68 bits per heavy atom. The summed E-state index contributed by atoms with van der Waals surface area (Å²) >= 11 is 2.31. The molecule has 0 aliphatic carbocycles.